The predicted molar refractivity (Wildman–Crippen MR) is 53.6 cm³/mol. The monoisotopic (exact) mass is 192 g/mol. The molecule has 0 bridgehead atoms. The molecule has 3 heteroatoms. The molecule has 0 aliphatic heterocycles. The molecule has 0 saturated heterocycles. The highest BCUT2D eigenvalue weighted by Crippen LogP contribution is 2.44. The Morgan fingerprint density at radius 3 is 2.86 bits per heavy atom. The molecular weight excluding hydrogens is 176 g/mol. The number of nitrogens with zero attached hydrogens (tertiary/aromatic N) is 2. The summed E-state index contributed by atoms with van der Waals surface area (Å²) in [6.45, 7) is 2.13. The van der Waals surface area contributed by atoms with Gasteiger partial charge in [-0.3, -0.25) is 0 Å². The summed E-state index contributed by atoms with van der Waals surface area (Å²) in [5, 5.41) is 10.5. The number of rotatable bonds is 2. The Balaban J connectivity index is 2.31. The molecule has 14 heavy (non-hydrogen) atoms. The largest absolute Gasteiger partial charge is 0.385 e. The molecule has 2 atom stereocenters. The Kier molecular flexibility index (Phi) is 2.50. The van der Waals surface area contributed by atoms with Gasteiger partial charge in [0, 0.05) is 18.0 Å². The molecule has 1 heterocycles. The summed E-state index contributed by atoms with van der Waals surface area (Å²) in [7, 11) is 0. The van der Waals surface area contributed by atoms with Crippen LogP contribution in [0.2, 0.25) is 0 Å². The van der Waals surface area contributed by atoms with Gasteiger partial charge in [0.1, 0.15) is 6.33 Å². The molecule has 1 aliphatic carbocycles. The fourth-order valence-corrected chi connectivity index (χ4v) is 2.51. The summed E-state index contributed by atoms with van der Waals surface area (Å²) in [6.07, 6.45) is 9.06. The molecule has 0 radical (unpaired) electrons. The van der Waals surface area contributed by atoms with Gasteiger partial charge in [-0.05, 0) is 25.2 Å². The van der Waals surface area contributed by atoms with Gasteiger partial charge in [0.2, 0.25) is 0 Å². The van der Waals surface area contributed by atoms with E-state index in [2.05, 4.69) is 16.9 Å². The van der Waals surface area contributed by atoms with Gasteiger partial charge in [0.05, 0.1) is 5.60 Å². The summed E-state index contributed by atoms with van der Waals surface area (Å²) in [5.41, 5.74) is 0.208. The van der Waals surface area contributed by atoms with Crippen molar-refractivity contribution in [3.63, 3.8) is 0 Å². The van der Waals surface area contributed by atoms with E-state index in [1.807, 2.05) is 0 Å². The first-order chi connectivity index (χ1) is 6.77. The average Bonchev–Trinajstić information content (AvgIpc) is 2.62. The maximum Gasteiger partial charge on any atom is 0.115 e. The molecule has 1 N–H and O–H groups in total. The maximum atomic E-state index is 10.5. The van der Waals surface area contributed by atoms with Crippen LogP contribution < -0.4 is 0 Å². The van der Waals surface area contributed by atoms with Crippen LogP contribution in [-0.4, -0.2) is 15.1 Å². The van der Waals surface area contributed by atoms with Gasteiger partial charge in [-0.15, -0.1) is 0 Å². The first-order valence-corrected chi connectivity index (χ1v) is 5.25. The summed E-state index contributed by atoms with van der Waals surface area (Å²) >= 11 is 0. The van der Waals surface area contributed by atoms with Crippen molar-refractivity contribution in [1.82, 2.24) is 9.97 Å². The van der Waals surface area contributed by atoms with Crippen LogP contribution >= 0.6 is 0 Å². The molecule has 1 aromatic heterocycles. The first kappa shape index (κ1) is 9.59. The molecule has 2 rings (SSSR count). The average molecular weight is 192 g/mol. The Labute approximate surface area is 84.2 Å². The molecule has 0 spiro atoms. The first-order valence-electron chi connectivity index (χ1n) is 5.25. The van der Waals surface area contributed by atoms with Gasteiger partial charge in [-0.1, -0.05) is 13.3 Å². The number of aliphatic hydroxyl groups is 1. The third-order valence-corrected chi connectivity index (χ3v) is 3.34. The van der Waals surface area contributed by atoms with Gasteiger partial charge >= 0.3 is 0 Å². The van der Waals surface area contributed by atoms with E-state index >= 15 is 0 Å². The minimum atomic E-state index is -0.671. The fraction of sp³-hybridized carbons (Fsp3) is 0.636. The lowest BCUT2D eigenvalue weighted by Gasteiger charge is -2.29. The molecule has 0 aromatic carbocycles. The van der Waals surface area contributed by atoms with Crippen molar-refractivity contribution in [3.05, 3.63) is 24.3 Å². The van der Waals surface area contributed by atoms with E-state index in [0.29, 0.717) is 5.92 Å². The highest BCUT2D eigenvalue weighted by atomic mass is 16.3. The van der Waals surface area contributed by atoms with Crippen LogP contribution in [0.3, 0.4) is 0 Å². The minimum absolute atomic E-state index is 0.369. The van der Waals surface area contributed by atoms with E-state index in [4.69, 9.17) is 0 Å². The normalized spacial score (nSPS) is 32.0. The SMILES string of the molecule is CCC1CCCC1(O)c1cncnc1. The third kappa shape index (κ3) is 1.42. The van der Waals surface area contributed by atoms with Crippen molar-refractivity contribution in [2.45, 2.75) is 38.2 Å². The van der Waals surface area contributed by atoms with Crippen LogP contribution in [0, 0.1) is 5.92 Å². The summed E-state index contributed by atoms with van der Waals surface area (Å²) in [4.78, 5) is 7.94. The van der Waals surface area contributed by atoms with Crippen LogP contribution in [0.25, 0.3) is 0 Å². The zero-order valence-corrected chi connectivity index (χ0v) is 8.48. The van der Waals surface area contributed by atoms with Crippen LogP contribution in [0.15, 0.2) is 18.7 Å². The van der Waals surface area contributed by atoms with Gasteiger partial charge < -0.3 is 5.11 Å². The van der Waals surface area contributed by atoms with Crippen molar-refractivity contribution < 1.29 is 5.11 Å². The van der Waals surface area contributed by atoms with Crippen molar-refractivity contribution >= 4 is 0 Å². The van der Waals surface area contributed by atoms with E-state index in [-0.39, 0.29) is 0 Å². The van der Waals surface area contributed by atoms with Gasteiger partial charge in [-0.25, -0.2) is 9.97 Å². The third-order valence-electron chi connectivity index (χ3n) is 3.34. The topological polar surface area (TPSA) is 46.0 Å². The number of hydrogen-bond acceptors (Lipinski definition) is 3. The quantitative estimate of drug-likeness (QED) is 0.778. The standard InChI is InChI=1S/C11H16N2O/c1-2-9-4-3-5-11(9,14)10-6-12-8-13-7-10/h6-9,14H,2-5H2,1H3. The molecule has 1 aliphatic rings. The van der Waals surface area contributed by atoms with Crippen LogP contribution in [0.1, 0.15) is 38.2 Å². The van der Waals surface area contributed by atoms with Gasteiger partial charge in [0.15, 0.2) is 0 Å². The van der Waals surface area contributed by atoms with E-state index in [0.717, 1.165) is 31.2 Å². The molecule has 3 nitrogen and oxygen atoms in total. The van der Waals surface area contributed by atoms with Gasteiger partial charge in [-0.2, -0.15) is 0 Å². The lowest BCUT2D eigenvalue weighted by Crippen LogP contribution is -2.30. The lowest BCUT2D eigenvalue weighted by atomic mass is 9.84. The van der Waals surface area contributed by atoms with E-state index < -0.39 is 5.60 Å². The molecule has 2 unspecified atom stereocenters. The summed E-state index contributed by atoms with van der Waals surface area (Å²) in [6, 6.07) is 0. The van der Waals surface area contributed by atoms with E-state index in [1.165, 1.54) is 6.33 Å². The van der Waals surface area contributed by atoms with Crippen molar-refractivity contribution in [3.8, 4) is 0 Å². The highest BCUT2D eigenvalue weighted by Gasteiger charge is 2.41. The van der Waals surface area contributed by atoms with E-state index in [9.17, 15) is 5.11 Å². The fourth-order valence-electron chi connectivity index (χ4n) is 2.51. The van der Waals surface area contributed by atoms with Crippen LogP contribution in [-0.2, 0) is 5.60 Å². The second-order valence-electron chi connectivity index (χ2n) is 4.05. The lowest BCUT2D eigenvalue weighted by molar-refractivity contribution is -0.00450. The van der Waals surface area contributed by atoms with Crippen molar-refractivity contribution in [2.24, 2.45) is 5.92 Å². The Morgan fingerprint density at radius 1 is 1.50 bits per heavy atom. The second-order valence-corrected chi connectivity index (χ2v) is 4.05. The molecule has 1 fully saturated rings. The Morgan fingerprint density at radius 2 is 2.21 bits per heavy atom. The Bertz CT molecular complexity index is 301. The summed E-state index contributed by atoms with van der Waals surface area (Å²) < 4.78 is 0. The zero-order valence-electron chi connectivity index (χ0n) is 8.48. The minimum Gasteiger partial charge on any atom is -0.385 e. The smallest absolute Gasteiger partial charge is 0.115 e. The van der Waals surface area contributed by atoms with Gasteiger partial charge in [0.25, 0.3) is 0 Å². The van der Waals surface area contributed by atoms with Crippen molar-refractivity contribution in [1.29, 1.82) is 0 Å². The highest BCUT2D eigenvalue weighted by molar-refractivity contribution is 5.17. The van der Waals surface area contributed by atoms with Crippen LogP contribution in [0.5, 0.6) is 0 Å². The molecule has 0 amide bonds. The molecule has 1 saturated carbocycles. The number of aromatic nitrogens is 2. The zero-order chi connectivity index (χ0) is 10.0. The molecule has 1 aromatic rings. The van der Waals surface area contributed by atoms with E-state index in [1.54, 1.807) is 12.4 Å². The number of hydrogen-bond donors (Lipinski definition) is 1. The predicted octanol–water partition coefficient (Wildman–Crippen LogP) is 1.87. The van der Waals surface area contributed by atoms with Crippen LogP contribution in [0.4, 0.5) is 0 Å². The van der Waals surface area contributed by atoms with Crippen molar-refractivity contribution in [2.75, 3.05) is 0 Å². The second kappa shape index (κ2) is 3.65. The summed E-state index contributed by atoms with van der Waals surface area (Å²) in [5.74, 6) is 0.369. The maximum absolute atomic E-state index is 10.5. The molecular formula is C11H16N2O. The Hall–Kier alpha value is -0.960. The molecule has 76 valence electrons.